The highest BCUT2D eigenvalue weighted by molar-refractivity contribution is 6.07. The third-order valence-electron chi connectivity index (χ3n) is 4.18. The smallest absolute Gasteiger partial charge is 0.329 e. The summed E-state index contributed by atoms with van der Waals surface area (Å²) in [4.78, 5) is 35.8. The molecule has 0 aromatic rings. The lowest BCUT2D eigenvalue weighted by Crippen LogP contribution is -2.60. The van der Waals surface area contributed by atoms with Gasteiger partial charge < -0.3 is 15.5 Å². The Morgan fingerprint density at radius 2 is 1.75 bits per heavy atom. The van der Waals surface area contributed by atoms with E-state index in [1.807, 2.05) is 0 Å². The zero-order valence-electron chi connectivity index (χ0n) is 12.5. The van der Waals surface area contributed by atoms with Crippen molar-refractivity contribution < 1.29 is 36.3 Å². The van der Waals surface area contributed by atoms with Gasteiger partial charge >= 0.3 is 24.2 Å². The minimum Gasteiger partial charge on any atom is -0.329 e. The van der Waals surface area contributed by atoms with Crippen molar-refractivity contribution in [3.8, 4) is 0 Å². The van der Waals surface area contributed by atoms with Crippen LogP contribution in [0.5, 0.6) is 0 Å². The number of nitrogens with zero attached hydrogens (tertiary/aromatic N) is 1. The Morgan fingerprint density at radius 3 is 2.17 bits per heavy atom. The van der Waals surface area contributed by atoms with E-state index in [-0.39, 0.29) is 25.9 Å². The Morgan fingerprint density at radius 1 is 1.21 bits per heavy atom. The minimum absolute atomic E-state index is 0.0298. The number of urea groups is 2. The fourth-order valence-corrected chi connectivity index (χ4v) is 2.58. The van der Waals surface area contributed by atoms with Crippen LogP contribution in [-0.4, -0.2) is 59.6 Å². The lowest BCUT2D eigenvalue weighted by molar-refractivity contribution is -0.290. The molecule has 136 valence electrons. The third-order valence-corrected chi connectivity index (χ3v) is 4.18. The second kappa shape index (κ2) is 5.74. The van der Waals surface area contributed by atoms with Crippen LogP contribution in [0.4, 0.5) is 31.5 Å². The van der Waals surface area contributed by atoms with Crippen molar-refractivity contribution in [3.63, 3.8) is 0 Å². The normalized spacial score (nSPS) is 22.2. The summed E-state index contributed by atoms with van der Waals surface area (Å²) in [6.07, 6.45) is -5.72. The van der Waals surface area contributed by atoms with E-state index in [1.165, 1.54) is 0 Å². The zero-order valence-corrected chi connectivity index (χ0v) is 12.5. The van der Waals surface area contributed by atoms with Gasteiger partial charge in [-0.05, 0) is 19.8 Å². The van der Waals surface area contributed by atoms with Crippen molar-refractivity contribution in [1.29, 1.82) is 0 Å². The summed E-state index contributed by atoms with van der Waals surface area (Å²) in [7, 11) is 0. The number of imide groups is 1. The van der Waals surface area contributed by atoms with Gasteiger partial charge in [-0.1, -0.05) is 0 Å². The second-order valence-electron chi connectivity index (χ2n) is 5.77. The maximum atomic E-state index is 13.1. The third kappa shape index (κ3) is 3.08. The number of amides is 5. The molecule has 12 heteroatoms. The molecule has 2 saturated heterocycles. The van der Waals surface area contributed by atoms with E-state index >= 15 is 0 Å². The lowest BCUT2D eigenvalue weighted by Gasteiger charge is -2.37. The van der Waals surface area contributed by atoms with Crippen molar-refractivity contribution >= 4 is 18.0 Å². The van der Waals surface area contributed by atoms with Crippen LogP contribution in [0.2, 0.25) is 0 Å². The fourth-order valence-electron chi connectivity index (χ4n) is 2.58. The molecule has 2 aliphatic rings. The molecule has 2 aliphatic heterocycles. The van der Waals surface area contributed by atoms with E-state index < -0.39 is 41.6 Å². The first-order valence-corrected chi connectivity index (χ1v) is 7.03. The summed E-state index contributed by atoms with van der Waals surface area (Å²) >= 11 is 0. The van der Waals surface area contributed by atoms with Crippen LogP contribution >= 0.6 is 0 Å². The topological polar surface area (TPSA) is 90.5 Å². The first kappa shape index (κ1) is 18.2. The van der Waals surface area contributed by atoms with E-state index in [9.17, 15) is 36.3 Å². The van der Waals surface area contributed by atoms with Gasteiger partial charge in [0.15, 0.2) is 0 Å². The first-order valence-electron chi connectivity index (χ1n) is 7.03. The highest BCUT2D eigenvalue weighted by atomic mass is 19.4. The molecular formula is C12H15F5N4O3. The number of carbonyl (C=O) groups is 3. The Bertz CT molecular complexity index is 557. The van der Waals surface area contributed by atoms with Crippen molar-refractivity contribution in [3.05, 3.63) is 0 Å². The summed E-state index contributed by atoms with van der Waals surface area (Å²) in [5, 5.41) is 6.12. The second-order valence-corrected chi connectivity index (χ2v) is 5.77. The molecule has 7 nitrogen and oxygen atoms in total. The predicted molar refractivity (Wildman–Crippen MR) is 69.2 cm³/mol. The van der Waals surface area contributed by atoms with Crippen LogP contribution in [0.15, 0.2) is 0 Å². The molecule has 0 saturated carbocycles. The van der Waals surface area contributed by atoms with Gasteiger partial charge in [0, 0.05) is 13.1 Å². The van der Waals surface area contributed by atoms with Crippen molar-refractivity contribution in [2.24, 2.45) is 0 Å². The summed E-state index contributed by atoms with van der Waals surface area (Å²) in [5.74, 6) is -5.62. The largest absolute Gasteiger partial charge is 0.455 e. The van der Waals surface area contributed by atoms with Gasteiger partial charge in [0.25, 0.3) is 5.91 Å². The average molecular weight is 358 g/mol. The van der Waals surface area contributed by atoms with E-state index in [4.69, 9.17) is 0 Å². The summed E-state index contributed by atoms with van der Waals surface area (Å²) in [6.45, 7) is 0.398. The molecule has 1 unspecified atom stereocenters. The fraction of sp³-hybridized carbons (Fsp3) is 0.750. The average Bonchev–Trinajstić information content (AvgIpc) is 2.72. The van der Waals surface area contributed by atoms with E-state index in [1.54, 1.807) is 5.32 Å². The first-order chi connectivity index (χ1) is 10.9. The molecule has 0 aliphatic carbocycles. The maximum Gasteiger partial charge on any atom is 0.455 e. The number of hydrogen-bond acceptors (Lipinski definition) is 3. The van der Waals surface area contributed by atoms with Crippen LogP contribution in [0.25, 0.3) is 0 Å². The Hall–Kier alpha value is -2.14. The summed E-state index contributed by atoms with van der Waals surface area (Å²) in [6, 6.07) is -4.21. The molecule has 0 aromatic carbocycles. The van der Waals surface area contributed by atoms with Crippen LogP contribution in [0.1, 0.15) is 19.8 Å². The number of carbonyl (C=O) groups excluding carboxylic acids is 3. The number of hydrogen-bond donors (Lipinski definition) is 3. The molecule has 1 atom stereocenters. The molecule has 24 heavy (non-hydrogen) atoms. The minimum atomic E-state index is -5.78. The Balaban J connectivity index is 1.94. The van der Waals surface area contributed by atoms with E-state index in [0.717, 1.165) is 4.90 Å². The molecule has 0 radical (unpaired) electrons. The molecule has 2 rings (SSSR count). The number of piperidine rings is 1. The van der Waals surface area contributed by atoms with Crippen molar-refractivity contribution in [2.45, 2.75) is 43.4 Å². The van der Waals surface area contributed by atoms with Gasteiger partial charge in [-0.2, -0.15) is 22.0 Å². The molecule has 1 spiro atoms. The van der Waals surface area contributed by atoms with Gasteiger partial charge in [0.1, 0.15) is 11.6 Å². The number of nitrogens with one attached hydrogen (secondary N) is 3. The molecular weight excluding hydrogens is 343 g/mol. The van der Waals surface area contributed by atoms with Gasteiger partial charge in [-0.15, -0.1) is 0 Å². The Kier molecular flexibility index (Phi) is 4.35. The lowest BCUT2D eigenvalue weighted by atomic mass is 9.88. The maximum absolute atomic E-state index is 13.1. The van der Waals surface area contributed by atoms with Gasteiger partial charge in [-0.3, -0.25) is 10.1 Å². The van der Waals surface area contributed by atoms with Crippen molar-refractivity contribution in [1.82, 2.24) is 20.9 Å². The Labute approximate surface area is 132 Å². The number of halogens is 5. The number of likely N-dealkylation sites (tertiary alicyclic amines) is 1. The molecule has 5 amide bonds. The standard InChI is InChI=1S/C12H15F5N4O3/c1-6(11(13,14)12(15,16)17)18-9(24)21-4-2-10(3-5-21)7(22)19-8(23)20-10/h6H,2-5H2,1H3,(H,18,24)(H2,19,20,22,23). The summed E-state index contributed by atoms with van der Waals surface area (Å²) in [5.41, 5.74) is -1.17. The van der Waals surface area contributed by atoms with Gasteiger partial charge in [0.2, 0.25) is 0 Å². The molecule has 2 heterocycles. The predicted octanol–water partition coefficient (Wildman–Crippen LogP) is 0.956. The molecule has 0 bridgehead atoms. The quantitative estimate of drug-likeness (QED) is 0.507. The van der Waals surface area contributed by atoms with Crippen LogP contribution < -0.4 is 16.0 Å². The van der Waals surface area contributed by atoms with Crippen LogP contribution in [-0.2, 0) is 4.79 Å². The monoisotopic (exact) mass is 358 g/mol. The van der Waals surface area contributed by atoms with Crippen molar-refractivity contribution in [2.75, 3.05) is 13.1 Å². The highest BCUT2D eigenvalue weighted by Crippen LogP contribution is 2.38. The van der Waals surface area contributed by atoms with Crippen LogP contribution in [0.3, 0.4) is 0 Å². The number of rotatable bonds is 2. The zero-order chi connectivity index (χ0) is 18.3. The summed E-state index contributed by atoms with van der Waals surface area (Å²) < 4.78 is 63.0. The molecule has 0 aromatic heterocycles. The van der Waals surface area contributed by atoms with Gasteiger partial charge in [0.05, 0.1) is 0 Å². The van der Waals surface area contributed by atoms with E-state index in [2.05, 4.69) is 10.6 Å². The molecule has 3 N–H and O–H groups in total. The van der Waals surface area contributed by atoms with Crippen LogP contribution in [0, 0.1) is 0 Å². The SMILES string of the molecule is CC(NC(=O)N1CCC2(CC1)NC(=O)NC2=O)C(F)(F)C(F)(F)F. The van der Waals surface area contributed by atoms with Gasteiger partial charge in [-0.25, -0.2) is 9.59 Å². The van der Waals surface area contributed by atoms with E-state index in [0.29, 0.717) is 6.92 Å². The number of alkyl halides is 5. The molecule has 2 fully saturated rings. The highest BCUT2D eigenvalue weighted by Gasteiger charge is 2.61.